The Bertz CT molecular complexity index is 1270. The molecular formula is C25H18ClIN2O5. The second-order valence-corrected chi connectivity index (χ2v) is 8.73. The lowest BCUT2D eigenvalue weighted by Crippen LogP contribution is -2.32. The second kappa shape index (κ2) is 10.3. The number of halogens is 2. The van der Waals surface area contributed by atoms with Crippen molar-refractivity contribution < 1.29 is 23.9 Å². The highest BCUT2D eigenvalue weighted by Crippen LogP contribution is 2.31. The molecule has 0 fully saturated rings. The minimum atomic E-state index is -0.629. The molecule has 7 nitrogen and oxygen atoms in total. The van der Waals surface area contributed by atoms with Crippen LogP contribution in [0.15, 0.2) is 83.5 Å². The van der Waals surface area contributed by atoms with E-state index in [4.69, 9.17) is 21.1 Å². The molecule has 0 spiro atoms. The van der Waals surface area contributed by atoms with Gasteiger partial charge in [0.25, 0.3) is 11.8 Å². The van der Waals surface area contributed by atoms with Crippen LogP contribution in [0, 0.1) is 3.57 Å². The van der Waals surface area contributed by atoms with E-state index in [0.29, 0.717) is 35.0 Å². The van der Waals surface area contributed by atoms with Crippen LogP contribution in [0.25, 0.3) is 0 Å². The topological polar surface area (TPSA) is 84.9 Å². The lowest BCUT2D eigenvalue weighted by molar-refractivity contribution is -0.120. The van der Waals surface area contributed by atoms with Crippen molar-refractivity contribution in [3.8, 4) is 11.5 Å². The minimum Gasteiger partial charge on any atom is -0.494 e. The van der Waals surface area contributed by atoms with Crippen LogP contribution in [-0.4, -0.2) is 24.4 Å². The molecule has 3 aromatic rings. The molecule has 0 aromatic heterocycles. The Morgan fingerprint density at radius 2 is 1.53 bits per heavy atom. The van der Waals surface area contributed by atoms with Crippen molar-refractivity contribution in [1.82, 2.24) is 0 Å². The summed E-state index contributed by atoms with van der Waals surface area (Å²) < 4.78 is 11.8. The van der Waals surface area contributed by atoms with Crippen LogP contribution in [0.1, 0.15) is 17.3 Å². The Morgan fingerprint density at radius 3 is 2.15 bits per heavy atom. The monoisotopic (exact) mass is 588 g/mol. The molecule has 172 valence electrons. The smallest absolute Gasteiger partial charge is 0.343 e. The van der Waals surface area contributed by atoms with Crippen molar-refractivity contribution in [3.63, 3.8) is 0 Å². The average molecular weight is 589 g/mol. The van der Waals surface area contributed by atoms with Crippen molar-refractivity contribution in [3.05, 3.63) is 92.7 Å². The SMILES string of the molecule is CCOc1ccc(N2C(=O)C(Cl)=C(Nc3ccc(C(=O)Oc4ccc(I)cc4)cc3)C2=O)cc1. The predicted octanol–water partition coefficient (Wildman–Crippen LogP) is 5.34. The molecule has 0 bridgehead atoms. The van der Waals surface area contributed by atoms with E-state index in [1.54, 1.807) is 60.7 Å². The van der Waals surface area contributed by atoms with Crippen LogP contribution in [0.5, 0.6) is 11.5 Å². The summed E-state index contributed by atoms with van der Waals surface area (Å²) in [7, 11) is 0. The molecule has 0 aliphatic carbocycles. The zero-order valence-corrected chi connectivity index (χ0v) is 20.8. The van der Waals surface area contributed by atoms with Crippen LogP contribution in [0.4, 0.5) is 11.4 Å². The Morgan fingerprint density at radius 1 is 0.912 bits per heavy atom. The summed E-state index contributed by atoms with van der Waals surface area (Å²) in [6.45, 7) is 2.37. The summed E-state index contributed by atoms with van der Waals surface area (Å²) in [5.41, 5.74) is 1.14. The summed E-state index contributed by atoms with van der Waals surface area (Å²) in [6, 6.07) is 20.0. The Kier molecular flexibility index (Phi) is 7.18. The van der Waals surface area contributed by atoms with E-state index < -0.39 is 17.8 Å². The second-order valence-electron chi connectivity index (χ2n) is 7.11. The predicted molar refractivity (Wildman–Crippen MR) is 137 cm³/mol. The van der Waals surface area contributed by atoms with Crippen LogP contribution in [-0.2, 0) is 9.59 Å². The number of nitrogens with one attached hydrogen (secondary N) is 1. The normalized spacial score (nSPS) is 13.3. The first-order valence-electron chi connectivity index (χ1n) is 10.2. The summed E-state index contributed by atoms with van der Waals surface area (Å²) in [4.78, 5) is 39.0. The minimum absolute atomic E-state index is 0.0465. The number of ether oxygens (including phenoxy) is 2. The number of carbonyl (C=O) groups excluding carboxylic acids is 3. The molecule has 0 unspecified atom stereocenters. The standard InChI is InChI=1S/C25H18ClIN2O5/c1-2-33-19-13-9-18(10-14-19)29-23(30)21(26)22(24(29)31)28-17-7-3-15(4-8-17)25(32)34-20-11-5-16(27)6-12-20/h3-14,28H,2H2,1H3. The third-order valence-electron chi connectivity index (χ3n) is 4.85. The van der Waals surface area contributed by atoms with Crippen LogP contribution in [0.3, 0.4) is 0 Å². The van der Waals surface area contributed by atoms with Gasteiger partial charge >= 0.3 is 5.97 Å². The van der Waals surface area contributed by atoms with Crippen molar-refractivity contribution in [2.24, 2.45) is 0 Å². The van der Waals surface area contributed by atoms with Gasteiger partial charge in [-0.3, -0.25) is 9.59 Å². The van der Waals surface area contributed by atoms with Crippen molar-refractivity contribution in [2.75, 3.05) is 16.8 Å². The fourth-order valence-electron chi connectivity index (χ4n) is 3.21. The largest absolute Gasteiger partial charge is 0.494 e. The molecule has 0 saturated carbocycles. The molecule has 1 N–H and O–H groups in total. The lowest BCUT2D eigenvalue weighted by atomic mass is 10.2. The summed E-state index contributed by atoms with van der Waals surface area (Å²) in [5, 5.41) is 2.66. The highest BCUT2D eigenvalue weighted by Gasteiger charge is 2.39. The first-order valence-corrected chi connectivity index (χ1v) is 11.7. The number of hydrogen-bond donors (Lipinski definition) is 1. The van der Waals surface area contributed by atoms with Gasteiger partial charge in [0, 0.05) is 9.26 Å². The van der Waals surface area contributed by atoms with Gasteiger partial charge < -0.3 is 14.8 Å². The van der Waals surface area contributed by atoms with Crippen molar-refractivity contribution in [2.45, 2.75) is 6.92 Å². The first-order chi connectivity index (χ1) is 16.4. The number of imide groups is 1. The van der Waals surface area contributed by atoms with Gasteiger partial charge in [-0.1, -0.05) is 11.6 Å². The van der Waals surface area contributed by atoms with E-state index in [1.807, 2.05) is 19.1 Å². The highest BCUT2D eigenvalue weighted by molar-refractivity contribution is 14.1. The van der Waals surface area contributed by atoms with Gasteiger partial charge in [-0.05, 0) is 102 Å². The first kappa shape index (κ1) is 23.8. The molecular weight excluding hydrogens is 571 g/mol. The van der Waals surface area contributed by atoms with Crippen LogP contribution in [0.2, 0.25) is 0 Å². The molecule has 0 saturated heterocycles. The van der Waals surface area contributed by atoms with E-state index in [9.17, 15) is 14.4 Å². The molecule has 1 heterocycles. The number of benzene rings is 3. The fourth-order valence-corrected chi connectivity index (χ4v) is 3.78. The third-order valence-corrected chi connectivity index (χ3v) is 5.92. The fraction of sp³-hybridized carbons (Fsp3) is 0.0800. The van der Waals surface area contributed by atoms with E-state index >= 15 is 0 Å². The van der Waals surface area contributed by atoms with E-state index in [0.717, 1.165) is 8.47 Å². The number of hydrogen-bond acceptors (Lipinski definition) is 6. The van der Waals surface area contributed by atoms with Gasteiger partial charge in [-0.25, -0.2) is 9.69 Å². The molecule has 4 rings (SSSR count). The zero-order valence-electron chi connectivity index (χ0n) is 17.9. The Hall–Kier alpha value is -3.37. The maximum Gasteiger partial charge on any atom is 0.343 e. The molecule has 34 heavy (non-hydrogen) atoms. The van der Waals surface area contributed by atoms with Crippen molar-refractivity contribution in [1.29, 1.82) is 0 Å². The molecule has 1 aliphatic rings. The number of nitrogens with zero attached hydrogens (tertiary/aromatic N) is 1. The number of amides is 2. The number of esters is 1. The zero-order chi connectivity index (χ0) is 24.2. The van der Waals surface area contributed by atoms with Gasteiger partial charge in [0.05, 0.1) is 17.9 Å². The lowest BCUT2D eigenvalue weighted by Gasteiger charge is -2.15. The summed E-state index contributed by atoms with van der Waals surface area (Å²) >= 11 is 8.35. The molecule has 3 aromatic carbocycles. The summed E-state index contributed by atoms with van der Waals surface area (Å²) in [5.74, 6) is -0.659. The molecule has 0 radical (unpaired) electrons. The Labute approximate surface area is 214 Å². The molecule has 9 heteroatoms. The van der Waals surface area contributed by atoms with Crippen molar-refractivity contribution >= 4 is 63.4 Å². The molecule has 1 aliphatic heterocycles. The maximum absolute atomic E-state index is 12.9. The number of rotatable bonds is 7. The molecule has 2 amide bonds. The van der Waals surface area contributed by atoms with E-state index in [1.165, 1.54) is 0 Å². The highest BCUT2D eigenvalue weighted by atomic mass is 127. The maximum atomic E-state index is 12.9. The third kappa shape index (κ3) is 5.07. The van der Waals surface area contributed by atoms with Gasteiger partial charge in [0.1, 0.15) is 22.2 Å². The van der Waals surface area contributed by atoms with E-state index in [-0.39, 0.29) is 10.7 Å². The summed E-state index contributed by atoms with van der Waals surface area (Å²) in [6.07, 6.45) is 0. The van der Waals surface area contributed by atoms with E-state index in [2.05, 4.69) is 27.9 Å². The molecule has 0 atom stereocenters. The number of anilines is 2. The van der Waals surface area contributed by atoms with Gasteiger partial charge in [-0.2, -0.15) is 0 Å². The Balaban J connectivity index is 1.45. The quantitative estimate of drug-likeness (QED) is 0.174. The number of carbonyl (C=O) groups is 3. The average Bonchev–Trinajstić information content (AvgIpc) is 3.05. The van der Waals surface area contributed by atoms with Gasteiger partial charge in [0.15, 0.2) is 0 Å². The van der Waals surface area contributed by atoms with Gasteiger partial charge in [0.2, 0.25) is 0 Å². The van der Waals surface area contributed by atoms with Crippen LogP contribution >= 0.6 is 34.2 Å². The van der Waals surface area contributed by atoms with Crippen LogP contribution < -0.4 is 19.7 Å². The van der Waals surface area contributed by atoms with Gasteiger partial charge in [-0.15, -0.1) is 0 Å².